The predicted molar refractivity (Wildman–Crippen MR) is 131 cm³/mol. The van der Waals surface area contributed by atoms with Gasteiger partial charge in [-0.05, 0) is 41.0 Å². The molecule has 3 aromatic carbocycles. The number of primary amides is 1. The number of rotatable bonds is 5. The van der Waals surface area contributed by atoms with E-state index in [4.69, 9.17) is 10.5 Å². The third-order valence-corrected chi connectivity index (χ3v) is 5.99. The van der Waals surface area contributed by atoms with Crippen LogP contribution in [0.1, 0.15) is 27.0 Å². The Labute approximate surface area is 191 Å². The molecule has 0 unspecified atom stereocenters. The van der Waals surface area contributed by atoms with E-state index in [1.165, 1.54) is 0 Å². The molecular formula is C27H25N3O3. The zero-order valence-electron chi connectivity index (χ0n) is 18.2. The summed E-state index contributed by atoms with van der Waals surface area (Å²) >= 11 is 0. The van der Waals surface area contributed by atoms with Crippen LogP contribution in [0.25, 0.3) is 34.0 Å². The van der Waals surface area contributed by atoms with Crippen LogP contribution in [0.5, 0.6) is 0 Å². The van der Waals surface area contributed by atoms with E-state index in [0.29, 0.717) is 31.9 Å². The fraction of sp³-hybridized carbons (Fsp3) is 0.185. The first-order valence-electron chi connectivity index (χ1n) is 11.1. The molecule has 1 saturated heterocycles. The second-order valence-electron chi connectivity index (χ2n) is 8.28. The van der Waals surface area contributed by atoms with Gasteiger partial charge in [0.2, 0.25) is 5.91 Å². The molecule has 5 rings (SSSR count). The first-order valence-corrected chi connectivity index (χ1v) is 11.1. The van der Waals surface area contributed by atoms with E-state index in [-0.39, 0.29) is 18.2 Å². The minimum absolute atomic E-state index is 0.00250. The standard InChI is InChI=1S/C27H25N3O3/c28-25(31)17-21-14-19(7-6-18-4-2-1-3-5-18)15-23-22-9-8-20(16-24(22)29-26(21)23)27(32)30-10-12-33-13-11-30/h1-9,14-16,29H,10-13,17H2,(H2,28,31)/b7-6+. The summed E-state index contributed by atoms with van der Waals surface area (Å²) in [4.78, 5) is 29.9. The van der Waals surface area contributed by atoms with Gasteiger partial charge < -0.3 is 20.4 Å². The Kier molecular flexibility index (Phi) is 5.67. The molecule has 1 aromatic heterocycles. The maximum Gasteiger partial charge on any atom is 0.254 e. The van der Waals surface area contributed by atoms with Crippen molar-refractivity contribution in [1.82, 2.24) is 9.88 Å². The molecule has 1 aliphatic heterocycles. The lowest BCUT2D eigenvalue weighted by atomic mass is 10.0. The predicted octanol–water partition coefficient (Wildman–Crippen LogP) is 3.99. The molecule has 1 aliphatic rings. The number of hydrogen-bond acceptors (Lipinski definition) is 3. The van der Waals surface area contributed by atoms with Gasteiger partial charge >= 0.3 is 0 Å². The van der Waals surface area contributed by atoms with Crippen molar-refractivity contribution in [2.45, 2.75) is 6.42 Å². The smallest absolute Gasteiger partial charge is 0.254 e. The van der Waals surface area contributed by atoms with Crippen molar-refractivity contribution in [3.05, 3.63) is 82.9 Å². The second-order valence-corrected chi connectivity index (χ2v) is 8.28. The number of aromatic nitrogens is 1. The highest BCUT2D eigenvalue weighted by atomic mass is 16.5. The number of ether oxygens (including phenoxy) is 1. The summed E-state index contributed by atoms with van der Waals surface area (Å²) in [6.07, 6.45) is 4.22. The Hall–Kier alpha value is -3.90. The van der Waals surface area contributed by atoms with E-state index >= 15 is 0 Å². The Morgan fingerprint density at radius 2 is 1.70 bits per heavy atom. The molecule has 2 amide bonds. The number of nitrogens with two attached hydrogens (primary N) is 1. The Bertz CT molecular complexity index is 1370. The molecule has 33 heavy (non-hydrogen) atoms. The normalized spacial score (nSPS) is 14.4. The second kappa shape index (κ2) is 8.92. The number of benzene rings is 3. The van der Waals surface area contributed by atoms with Crippen LogP contribution in [0.2, 0.25) is 0 Å². The number of fused-ring (bicyclic) bond motifs is 3. The molecular weight excluding hydrogens is 414 g/mol. The van der Waals surface area contributed by atoms with Gasteiger partial charge in [0, 0.05) is 34.9 Å². The maximum atomic E-state index is 12.9. The van der Waals surface area contributed by atoms with E-state index in [9.17, 15) is 9.59 Å². The van der Waals surface area contributed by atoms with Crippen LogP contribution >= 0.6 is 0 Å². The first-order chi connectivity index (χ1) is 16.1. The molecule has 0 radical (unpaired) electrons. The van der Waals surface area contributed by atoms with Gasteiger partial charge in [-0.3, -0.25) is 9.59 Å². The number of carbonyl (C=O) groups is 2. The summed E-state index contributed by atoms with van der Waals surface area (Å²) < 4.78 is 5.36. The van der Waals surface area contributed by atoms with Crippen LogP contribution < -0.4 is 5.73 Å². The van der Waals surface area contributed by atoms with Crippen molar-refractivity contribution < 1.29 is 14.3 Å². The molecule has 0 aliphatic carbocycles. The van der Waals surface area contributed by atoms with Gasteiger partial charge in [0.1, 0.15) is 0 Å². The zero-order chi connectivity index (χ0) is 22.8. The Morgan fingerprint density at radius 3 is 2.45 bits per heavy atom. The van der Waals surface area contributed by atoms with E-state index in [2.05, 4.69) is 11.1 Å². The van der Waals surface area contributed by atoms with Crippen LogP contribution in [0.3, 0.4) is 0 Å². The number of aromatic amines is 1. The average molecular weight is 440 g/mol. The van der Waals surface area contributed by atoms with Crippen LogP contribution in [0.4, 0.5) is 0 Å². The molecule has 0 spiro atoms. The first kappa shape index (κ1) is 21.0. The van der Waals surface area contributed by atoms with Gasteiger partial charge in [-0.2, -0.15) is 0 Å². The lowest BCUT2D eigenvalue weighted by molar-refractivity contribution is -0.117. The van der Waals surface area contributed by atoms with Crippen molar-refractivity contribution in [2.24, 2.45) is 5.73 Å². The number of morpholine rings is 1. The molecule has 166 valence electrons. The van der Waals surface area contributed by atoms with Gasteiger partial charge in [0.25, 0.3) is 5.91 Å². The maximum absolute atomic E-state index is 12.9. The molecule has 0 saturated carbocycles. The summed E-state index contributed by atoms with van der Waals surface area (Å²) in [5.41, 5.74) is 10.8. The molecule has 6 heteroatoms. The van der Waals surface area contributed by atoms with Gasteiger partial charge in [-0.1, -0.05) is 48.6 Å². The largest absolute Gasteiger partial charge is 0.378 e. The zero-order valence-corrected chi connectivity index (χ0v) is 18.2. The fourth-order valence-corrected chi connectivity index (χ4v) is 4.37. The van der Waals surface area contributed by atoms with Crippen LogP contribution in [-0.4, -0.2) is 48.0 Å². The summed E-state index contributed by atoms with van der Waals surface area (Å²) in [5, 5.41) is 2.01. The van der Waals surface area contributed by atoms with Gasteiger partial charge in [0.05, 0.1) is 25.2 Å². The molecule has 6 nitrogen and oxygen atoms in total. The van der Waals surface area contributed by atoms with Crippen LogP contribution in [-0.2, 0) is 16.0 Å². The Morgan fingerprint density at radius 1 is 0.939 bits per heavy atom. The minimum Gasteiger partial charge on any atom is -0.378 e. The lowest BCUT2D eigenvalue weighted by Crippen LogP contribution is -2.40. The summed E-state index contributed by atoms with van der Waals surface area (Å²) in [6, 6.07) is 19.9. The molecule has 1 fully saturated rings. The molecule has 4 aromatic rings. The number of nitrogens with one attached hydrogen (secondary N) is 1. The van der Waals surface area contributed by atoms with Gasteiger partial charge in [-0.15, -0.1) is 0 Å². The lowest BCUT2D eigenvalue weighted by Gasteiger charge is -2.26. The van der Waals surface area contributed by atoms with E-state index < -0.39 is 0 Å². The van der Waals surface area contributed by atoms with E-state index in [1.54, 1.807) is 0 Å². The number of hydrogen-bond donors (Lipinski definition) is 2. The third kappa shape index (κ3) is 4.38. The highest BCUT2D eigenvalue weighted by molar-refractivity contribution is 6.11. The van der Waals surface area contributed by atoms with Crippen molar-refractivity contribution in [3.63, 3.8) is 0 Å². The average Bonchev–Trinajstić information content (AvgIpc) is 3.21. The topological polar surface area (TPSA) is 88.4 Å². The summed E-state index contributed by atoms with van der Waals surface area (Å²) in [7, 11) is 0. The summed E-state index contributed by atoms with van der Waals surface area (Å²) in [5.74, 6) is -0.384. The number of nitrogens with zero attached hydrogens (tertiary/aromatic N) is 1. The van der Waals surface area contributed by atoms with Crippen molar-refractivity contribution in [2.75, 3.05) is 26.3 Å². The highest BCUT2D eigenvalue weighted by Gasteiger charge is 2.20. The van der Waals surface area contributed by atoms with E-state index in [0.717, 1.165) is 38.5 Å². The van der Waals surface area contributed by atoms with E-state index in [1.807, 2.05) is 71.6 Å². The van der Waals surface area contributed by atoms with Crippen LogP contribution in [0, 0.1) is 0 Å². The monoisotopic (exact) mass is 439 g/mol. The minimum atomic E-state index is -0.387. The Balaban J connectivity index is 1.57. The number of carbonyl (C=O) groups excluding carboxylic acids is 2. The molecule has 0 bridgehead atoms. The SMILES string of the molecule is NC(=O)Cc1cc(/C=C/c2ccccc2)cc2c1[nH]c1cc(C(=O)N3CCOCC3)ccc12. The quantitative estimate of drug-likeness (QED) is 0.461. The van der Waals surface area contributed by atoms with Crippen molar-refractivity contribution in [1.29, 1.82) is 0 Å². The van der Waals surface area contributed by atoms with Crippen molar-refractivity contribution in [3.8, 4) is 0 Å². The molecule has 0 atom stereocenters. The van der Waals surface area contributed by atoms with Gasteiger partial charge in [-0.25, -0.2) is 0 Å². The number of amides is 2. The fourth-order valence-electron chi connectivity index (χ4n) is 4.37. The van der Waals surface area contributed by atoms with Gasteiger partial charge in [0.15, 0.2) is 0 Å². The highest BCUT2D eigenvalue weighted by Crippen LogP contribution is 2.31. The number of H-pyrrole nitrogens is 1. The molecule has 3 N–H and O–H groups in total. The van der Waals surface area contributed by atoms with Crippen LogP contribution in [0.15, 0.2) is 60.7 Å². The summed E-state index contributed by atoms with van der Waals surface area (Å²) in [6.45, 7) is 2.33. The third-order valence-electron chi connectivity index (χ3n) is 5.99. The van der Waals surface area contributed by atoms with Crippen molar-refractivity contribution >= 4 is 45.8 Å². The molecule has 2 heterocycles.